The van der Waals surface area contributed by atoms with Crippen LogP contribution in [0.5, 0.6) is 0 Å². The molecule has 16 heavy (non-hydrogen) atoms. The Hall–Kier alpha value is -1.42. The molecule has 0 atom stereocenters. The second-order valence-corrected chi connectivity index (χ2v) is 3.54. The molecule has 86 valence electrons. The smallest absolute Gasteiger partial charge is 0.379 e. The summed E-state index contributed by atoms with van der Waals surface area (Å²) < 4.78 is 17.6. The Morgan fingerprint density at radius 1 is 1.44 bits per heavy atom. The van der Waals surface area contributed by atoms with Crippen molar-refractivity contribution in [1.29, 1.82) is 0 Å². The Morgan fingerprint density at radius 2 is 2.06 bits per heavy atom. The van der Waals surface area contributed by atoms with E-state index in [1.807, 2.05) is 0 Å². The van der Waals surface area contributed by atoms with Gasteiger partial charge in [-0.15, -0.1) is 0 Å². The maximum Gasteiger partial charge on any atom is 0.379 e. The molecular formula is C11H10ClFO3. The average Bonchev–Trinajstić information content (AvgIpc) is 2.23. The largest absolute Gasteiger partial charge is 0.460 e. The van der Waals surface area contributed by atoms with Crippen LogP contribution >= 0.6 is 11.6 Å². The molecule has 1 rings (SSSR count). The highest BCUT2D eigenvalue weighted by atomic mass is 35.5. The van der Waals surface area contributed by atoms with Gasteiger partial charge in [-0.1, -0.05) is 11.6 Å². The molecule has 5 heteroatoms. The number of carbonyl (C=O) groups excluding carboxylic acids is 2. The van der Waals surface area contributed by atoms with Gasteiger partial charge in [-0.25, -0.2) is 9.18 Å². The topological polar surface area (TPSA) is 43.4 Å². The summed E-state index contributed by atoms with van der Waals surface area (Å²) in [5.74, 6) is -2.41. The van der Waals surface area contributed by atoms with Crippen LogP contribution in [0.4, 0.5) is 4.39 Å². The molecule has 0 aliphatic carbocycles. The fourth-order valence-electron chi connectivity index (χ4n) is 1.20. The summed E-state index contributed by atoms with van der Waals surface area (Å²) in [6.45, 7) is 3.22. The van der Waals surface area contributed by atoms with Crippen LogP contribution in [-0.4, -0.2) is 18.4 Å². The zero-order valence-electron chi connectivity index (χ0n) is 8.84. The Bertz CT molecular complexity index is 443. The van der Waals surface area contributed by atoms with Crippen molar-refractivity contribution >= 4 is 23.4 Å². The van der Waals surface area contributed by atoms with Gasteiger partial charge in [0.25, 0.3) is 5.78 Å². The molecular weight excluding hydrogens is 235 g/mol. The van der Waals surface area contributed by atoms with E-state index < -0.39 is 17.6 Å². The fraction of sp³-hybridized carbons (Fsp3) is 0.273. The highest BCUT2D eigenvalue weighted by Crippen LogP contribution is 2.20. The van der Waals surface area contributed by atoms with Crippen LogP contribution in [0.1, 0.15) is 22.8 Å². The zero-order valence-corrected chi connectivity index (χ0v) is 9.60. The lowest BCUT2D eigenvalue weighted by Crippen LogP contribution is -2.18. The quantitative estimate of drug-likeness (QED) is 0.466. The van der Waals surface area contributed by atoms with E-state index in [0.29, 0.717) is 5.56 Å². The van der Waals surface area contributed by atoms with Crippen LogP contribution in [0.15, 0.2) is 12.1 Å². The average molecular weight is 245 g/mol. The number of hydrogen-bond donors (Lipinski definition) is 0. The van der Waals surface area contributed by atoms with E-state index in [9.17, 15) is 14.0 Å². The van der Waals surface area contributed by atoms with E-state index in [-0.39, 0.29) is 17.2 Å². The molecule has 0 saturated carbocycles. The number of aryl methyl sites for hydroxylation is 1. The number of ketones is 1. The number of halogens is 2. The van der Waals surface area contributed by atoms with Crippen molar-refractivity contribution in [3.63, 3.8) is 0 Å². The number of esters is 1. The number of benzene rings is 1. The minimum absolute atomic E-state index is 0.0600. The molecule has 0 bridgehead atoms. The molecule has 0 aliphatic rings. The molecule has 0 amide bonds. The summed E-state index contributed by atoms with van der Waals surface area (Å²) in [5, 5.41) is -0.196. The van der Waals surface area contributed by atoms with Crippen LogP contribution in [0.25, 0.3) is 0 Å². The summed E-state index contributed by atoms with van der Waals surface area (Å²) in [7, 11) is 0. The summed E-state index contributed by atoms with van der Waals surface area (Å²) in [5.41, 5.74) is 0.407. The first-order valence-electron chi connectivity index (χ1n) is 4.64. The van der Waals surface area contributed by atoms with Crippen molar-refractivity contribution in [1.82, 2.24) is 0 Å². The molecule has 0 fully saturated rings. The van der Waals surface area contributed by atoms with Crippen molar-refractivity contribution in [3.05, 3.63) is 34.1 Å². The first-order valence-corrected chi connectivity index (χ1v) is 5.02. The highest BCUT2D eigenvalue weighted by Gasteiger charge is 2.20. The van der Waals surface area contributed by atoms with Crippen molar-refractivity contribution in [3.8, 4) is 0 Å². The Labute approximate surface area is 97.2 Å². The lowest BCUT2D eigenvalue weighted by molar-refractivity contribution is -0.137. The minimum atomic E-state index is -0.965. The van der Waals surface area contributed by atoms with Crippen LogP contribution < -0.4 is 0 Å². The predicted molar refractivity (Wildman–Crippen MR) is 57.1 cm³/mol. The molecule has 3 nitrogen and oxygen atoms in total. The van der Waals surface area contributed by atoms with E-state index in [4.69, 9.17) is 11.6 Å². The third-order valence-electron chi connectivity index (χ3n) is 1.97. The van der Waals surface area contributed by atoms with Gasteiger partial charge in [0.2, 0.25) is 0 Å². The predicted octanol–water partition coefficient (Wildman–Crippen LogP) is 2.53. The van der Waals surface area contributed by atoms with Gasteiger partial charge >= 0.3 is 5.97 Å². The van der Waals surface area contributed by atoms with Crippen molar-refractivity contribution in [2.24, 2.45) is 0 Å². The van der Waals surface area contributed by atoms with E-state index in [1.54, 1.807) is 6.92 Å². The van der Waals surface area contributed by atoms with E-state index >= 15 is 0 Å². The van der Waals surface area contributed by atoms with Gasteiger partial charge in [0.15, 0.2) is 0 Å². The SMILES string of the molecule is CCOC(=O)C(=O)c1cc(Cl)c(F)cc1C. The van der Waals surface area contributed by atoms with Crippen molar-refractivity contribution < 1.29 is 18.7 Å². The molecule has 1 aromatic rings. The van der Waals surface area contributed by atoms with Gasteiger partial charge in [0, 0.05) is 5.56 Å². The summed E-state index contributed by atoms with van der Waals surface area (Å²) in [4.78, 5) is 22.7. The van der Waals surface area contributed by atoms with Gasteiger partial charge in [-0.3, -0.25) is 4.79 Å². The van der Waals surface area contributed by atoms with Gasteiger partial charge in [-0.05, 0) is 31.5 Å². The molecule has 0 aliphatic heterocycles. The molecule has 0 radical (unpaired) electrons. The molecule has 0 heterocycles. The third-order valence-corrected chi connectivity index (χ3v) is 2.26. The van der Waals surface area contributed by atoms with E-state index in [1.165, 1.54) is 6.92 Å². The lowest BCUT2D eigenvalue weighted by atomic mass is 10.0. The molecule has 1 aromatic carbocycles. The van der Waals surface area contributed by atoms with Gasteiger partial charge in [0.05, 0.1) is 11.6 Å². The number of carbonyl (C=O) groups is 2. The maximum absolute atomic E-state index is 13.0. The molecule has 0 unspecified atom stereocenters. The molecule has 0 aromatic heterocycles. The second-order valence-electron chi connectivity index (χ2n) is 3.13. The van der Waals surface area contributed by atoms with Crippen molar-refractivity contribution in [2.75, 3.05) is 6.61 Å². The standard InChI is InChI=1S/C11H10ClFO3/c1-3-16-11(15)10(14)7-5-8(12)9(13)4-6(7)2/h4-5H,3H2,1-2H3. The number of rotatable bonds is 3. The lowest BCUT2D eigenvalue weighted by Gasteiger charge is -2.05. The van der Waals surface area contributed by atoms with Crippen LogP contribution in [0.3, 0.4) is 0 Å². The van der Waals surface area contributed by atoms with Gasteiger partial charge in [-0.2, -0.15) is 0 Å². The second kappa shape index (κ2) is 5.07. The maximum atomic E-state index is 13.0. The first kappa shape index (κ1) is 12.6. The summed E-state index contributed by atoms with van der Waals surface area (Å²) in [6, 6.07) is 2.24. The third kappa shape index (κ3) is 2.58. The summed E-state index contributed by atoms with van der Waals surface area (Å²) in [6.07, 6.45) is 0. The highest BCUT2D eigenvalue weighted by molar-refractivity contribution is 6.41. The molecule has 0 saturated heterocycles. The Balaban J connectivity index is 3.09. The van der Waals surface area contributed by atoms with Gasteiger partial charge < -0.3 is 4.74 Å². The van der Waals surface area contributed by atoms with Gasteiger partial charge in [0.1, 0.15) is 5.82 Å². The van der Waals surface area contributed by atoms with Crippen LogP contribution in [0.2, 0.25) is 5.02 Å². The monoisotopic (exact) mass is 244 g/mol. The molecule has 0 N–H and O–H groups in total. The Morgan fingerprint density at radius 3 is 2.62 bits per heavy atom. The van der Waals surface area contributed by atoms with E-state index in [2.05, 4.69) is 4.74 Å². The minimum Gasteiger partial charge on any atom is -0.460 e. The van der Waals surface area contributed by atoms with Crippen LogP contribution in [0, 0.1) is 12.7 Å². The number of hydrogen-bond acceptors (Lipinski definition) is 3. The zero-order chi connectivity index (χ0) is 12.3. The fourth-order valence-corrected chi connectivity index (χ4v) is 1.36. The normalized spacial score (nSPS) is 10.0. The van der Waals surface area contributed by atoms with Crippen LogP contribution in [-0.2, 0) is 9.53 Å². The van der Waals surface area contributed by atoms with E-state index in [0.717, 1.165) is 12.1 Å². The Kier molecular flexibility index (Phi) is 4.01. The number of Topliss-reactive ketones (excluding diaryl/α,β-unsaturated/α-hetero) is 1. The number of ether oxygens (including phenoxy) is 1. The summed E-state index contributed by atoms with van der Waals surface area (Å²) >= 11 is 5.53. The first-order chi connectivity index (χ1) is 7.47. The molecule has 0 spiro atoms. The van der Waals surface area contributed by atoms with Crippen molar-refractivity contribution in [2.45, 2.75) is 13.8 Å².